The van der Waals surface area contributed by atoms with Gasteiger partial charge in [0.2, 0.25) is 0 Å². The molecule has 3 aromatic rings. The molecule has 1 amide bonds. The van der Waals surface area contributed by atoms with Gasteiger partial charge in [0.15, 0.2) is 6.61 Å². The number of carbonyl (C=O) groups is 2. The highest BCUT2D eigenvalue weighted by molar-refractivity contribution is 5.77. The van der Waals surface area contributed by atoms with Crippen LogP contribution in [-0.2, 0) is 34.5 Å². The van der Waals surface area contributed by atoms with E-state index in [-0.39, 0.29) is 18.8 Å². The fourth-order valence-corrected chi connectivity index (χ4v) is 4.19. The fourth-order valence-electron chi connectivity index (χ4n) is 4.19. The van der Waals surface area contributed by atoms with Gasteiger partial charge in [-0.25, -0.2) is 9.78 Å². The number of carbonyl (C=O) groups excluding carboxylic acids is 2. The van der Waals surface area contributed by atoms with Gasteiger partial charge in [-0.05, 0) is 37.0 Å². The minimum absolute atomic E-state index is 0.00504. The number of imidazole rings is 1. The molecule has 4 rings (SSSR count). The summed E-state index contributed by atoms with van der Waals surface area (Å²) in [6.07, 6.45) is 2.97. The highest BCUT2D eigenvalue weighted by Crippen LogP contribution is 2.27. The second-order valence-corrected chi connectivity index (χ2v) is 8.39. The van der Waals surface area contributed by atoms with Crippen molar-refractivity contribution in [1.29, 1.82) is 0 Å². The third kappa shape index (κ3) is 5.63. The zero-order valence-corrected chi connectivity index (χ0v) is 19.0. The summed E-state index contributed by atoms with van der Waals surface area (Å²) in [5, 5.41) is 0. The molecule has 2 aromatic carbocycles. The van der Waals surface area contributed by atoms with Crippen molar-refractivity contribution in [2.24, 2.45) is 7.05 Å². The molecule has 0 bridgehead atoms. The minimum Gasteiger partial charge on any atom is -0.490 e. The maximum atomic E-state index is 12.4. The van der Waals surface area contributed by atoms with Gasteiger partial charge in [0.25, 0.3) is 6.47 Å². The number of ether oxygens (including phenoxy) is 3. The molecule has 174 valence electrons. The van der Waals surface area contributed by atoms with Crippen molar-refractivity contribution in [3.8, 4) is 5.75 Å². The summed E-state index contributed by atoms with van der Waals surface area (Å²) in [6, 6.07) is 15.5. The van der Waals surface area contributed by atoms with Crippen LogP contribution in [0.1, 0.15) is 37.1 Å². The van der Waals surface area contributed by atoms with Crippen LogP contribution in [0, 0.1) is 0 Å². The molecule has 1 saturated carbocycles. The topological polar surface area (TPSA) is 82.9 Å². The molecule has 0 aliphatic heterocycles. The van der Waals surface area contributed by atoms with E-state index in [4.69, 9.17) is 14.2 Å². The molecule has 8 heteroatoms. The molecule has 1 aliphatic rings. The molecule has 1 fully saturated rings. The fraction of sp³-hybridized carbons (Fsp3) is 0.400. The molecular weight excluding hydrogens is 422 g/mol. The lowest BCUT2D eigenvalue weighted by Gasteiger charge is -2.28. The predicted octanol–water partition coefficient (Wildman–Crippen LogP) is 4.20. The van der Waals surface area contributed by atoms with E-state index in [1.165, 1.54) is 4.90 Å². The molecule has 8 nitrogen and oxygen atoms in total. The Balaban J connectivity index is 1.37. The first kappa shape index (κ1) is 22.6. The molecule has 0 spiro atoms. The van der Waals surface area contributed by atoms with Crippen LogP contribution in [-0.4, -0.2) is 46.3 Å². The van der Waals surface area contributed by atoms with E-state index in [0.717, 1.165) is 41.6 Å². The van der Waals surface area contributed by atoms with Gasteiger partial charge in [0, 0.05) is 33.1 Å². The SMILES string of the molecule is CN(Cc1ccccc1)C(=O)OCc1nc2cc(O[C@@H]3CCCC(OC=O)C3)ccc2n1C. The maximum Gasteiger partial charge on any atom is 0.410 e. The molecule has 1 heterocycles. The second-order valence-electron chi connectivity index (χ2n) is 8.39. The van der Waals surface area contributed by atoms with Crippen LogP contribution in [0.25, 0.3) is 11.0 Å². The summed E-state index contributed by atoms with van der Waals surface area (Å²) < 4.78 is 18.7. The molecule has 1 aliphatic carbocycles. The summed E-state index contributed by atoms with van der Waals surface area (Å²) in [6.45, 7) is 1.07. The first-order chi connectivity index (χ1) is 16.0. The zero-order chi connectivity index (χ0) is 23.2. The number of rotatable bonds is 8. The van der Waals surface area contributed by atoms with Gasteiger partial charge in [0.1, 0.15) is 23.8 Å². The Morgan fingerprint density at radius 2 is 1.97 bits per heavy atom. The number of benzene rings is 2. The van der Waals surface area contributed by atoms with Crippen LogP contribution in [0.15, 0.2) is 48.5 Å². The lowest BCUT2D eigenvalue weighted by molar-refractivity contribution is -0.136. The van der Waals surface area contributed by atoms with Crippen molar-refractivity contribution in [2.75, 3.05) is 7.05 Å². The van der Waals surface area contributed by atoms with Crippen LogP contribution < -0.4 is 4.74 Å². The number of amides is 1. The molecule has 2 atom stereocenters. The summed E-state index contributed by atoms with van der Waals surface area (Å²) >= 11 is 0. The van der Waals surface area contributed by atoms with Crippen LogP contribution >= 0.6 is 0 Å². The molecule has 0 saturated heterocycles. The van der Waals surface area contributed by atoms with E-state index in [9.17, 15) is 9.59 Å². The molecule has 0 radical (unpaired) electrons. The first-order valence-corrected chi connectivity index (χ1v) is 11.2. The van der Waals surface area contributed by atoms with Crippen LogP contribution in [0.2, 0.25) is 0 Å². The van der Waals surface area contributed by atoms with Crippen molar-refractivity contribution in [2.45, 2.75) is 51.0 Å². The third-order valence-corrected chi connectivity index (χ3v) is 5.97. The highest BCUT2D eigenvalue weighted by atomic mass is 16.6. The van der Waals surface area contributed by atoms with Gasteiger partial charge < -0.3 is 23.7 Å². The number of hydrogen-bond acceptors (Lipinski definition) is 6. The summed E-state index contributed by atoms with van der Waals surface area (Å²) in [5.41, 5.74) is 2.74. The molecule has 33 heavy (non-hydrogen) atoms. The maximum absolute atomic E-state index is 12.4. The smallest absolute Gasteiger partial charge is 0.410 e. The minimum atomic E-state index is -0.403. The Morgan fingerprint density at radius 3 is 2.76 bits per heavy atom. The number of hydrogen-bond donors (Lipinski definition) is 0. The standard InChI is InChI=1S/C25H29N3O5/c1-27(15-18-7-4-3-5-8-18)25(30)31-16-24-26-22-14-21(11-12-23(22)28(24)2)33-20-10-6-9-19(13-20)32-17-29/h3-5,7-8,11-12,14,17,19-20H,6,9-10,13,15-16H2,1-2H3/t19?,20-/m1/s1. The van der Waals surface area contributed by atoms with Crippen molar-refractivity contribution >= 4 is 23.6 Å². The normalized spacial score (nSPS) is 18.0. The van der Waals surface area contributed by atoms with Crippen molar-refractivity contribution in [3.05, 3.63) is 59.9 Å². The Kier molecular flexibility index (Phi) is 7.12. The van der Waals surface area contributed by atoms with Gasteiger partial charge in [-0.3, -0.25) is 4.79 Å². The molecule has 1 unspecified atom stereocenters. The van der Waals surface area contributed by atoms with E-state index >= 15 is 0 Å². The number of aromatic nitrogens is 2. The summed E-state index contributed by atoms with van der Waals surface area (Å²) in [4.78, 5) is 29.2. The average molecular weight is 452 g/mol. The number of aryl methyl sites for hydroxylation is 1. The Morgan fingerprint density at radius 1 is 1.18 bits per heavy atom. The van der Waals surface area contributed by atoms with Gasteiger partial charge in [-0.1, -0.05) is 30.3 Å². The van der Waals surface area contributed by atoms with Crippen LogP contribution in [0.3, 0.4) is 0 Å². The van der Waals surface area contributed by atoms with Crippen molar-refractivity contribution < 1.29 is 23.8 Å². The summed E-state index contributed by atoms with van der Waals surface area (Å²) in [5.74, 6) is 1.38. The van der Waals surface area contributed by atoms with E-state index in [1.807, 2.05) is 60.1 Å². The van der Waals surface area contributed by atoms with Gasteiger partial charge in [0.05, 0.1) is 11.0 Å². The monoisotopic (exact) mass is 451 g/mol. The predicted molar refractivity (Wildman–Crippen MR) is 123 cm³/mol. The summed E-state index contributed by atoms with van der Waals surface area (Å²) in [7, 11) is 3.61. The highest BCUT2D eigenvalue weighted by Gasteiger charge is 2.24. The van der Waals surface area contributed by atoms with Crippen molar-refractivity contribution in [3.63, 3.8) is 0 Å². The molecular formula is C25H29N3O5. The van der Waals surface area contributed by atoms with Gasteiger partial charge in [-0.15, -0.1) is 0 Å². The molecule has 1 aromatic heterocycles. The van der Waals surface area contributed by atoms with Gasteiger partial charge >= 0.3 is 6.09 Å². The number of nitrogens with zero attached hydrogens (tertiary/aromatic N) is 3. The Labute approximate surface area is 193 Å². The van der Waals surface area contributed by atoms with Gasteiger partial charge in [-0.2, -0.15) is 0 Å². The Bertz CT molecular complexity index is 1100. The van der Waals surface area contributed by atoms with Crippen LogP contribution in [0.4, 0.5) is 4.79 Å². The van der Waals surface area contributed by atoms with E-state index in [1.54, 1.807) is 7.05 Å². The molecule has 0 N–H and O–H groups in total. The average Bonchev–Trinajstić information content (AvgIpc) is 3.13. The lowest BCUT2D eigenvalue weighted by Crippen LogP contribution is -2.29. The van der Waals surface area contributed by atoms with Crippen LogP contribution in [0.5, 0.6) is 5.75 Å². The Hall–Kier alpha value is -3.55. The zero-order valence-electron chi connectivity index (χ0n) is 19.0. The lowest BCUT2D eigenvalue weighted by atomic mass is 9.95. The second kappa shape index (κ2) is 10.4. The van der Waals surface area contributed by atoms with E-state index in [0.29, 0.717) is 25.3 Å². The quantitative estimate of drug-likeness (QED) is 0.477. The number of fused-ring (bicyclic) bond motifs is 1. The van der Waals surface area contributed by atoms with E-state index in [2.05, 4.69) is 4.98 Å². The van der Waals surface area contributed by atoms with E-state index < -0.39 is 6.09 Å². The third-order valence-electron chi connectivity index (χ3n) is 5.97. The van der Waals surface area contributed by atoms with Crippen molar-refractivity contribution in [1.82, 2.24) is 14.5 Å². The first-order valence-electron chi connectivity index (χ1n) is 11.2. The largest absolute Gasteiger partial charge is 0.490 e.